The van der Waals surface area contributed by atoms with Crippen LogP contribution in [-0.2, 0) is 0 Å². The Hall–Kier alpha value is -14.1. The summed E-state index contributed by atoms with van der Waals surface area (Å²) in [5.74, 6) is 1.61. The minimum Gasteiger partial charge on any atom is -0.309 e. The third-order valence-electron chi connectivity index (χ3n) is 20.9. The lowest BCUT2D eigenvalue weighted by atomic mass is 10.1. The Morgan fingerprint density at radius 3 is 0.627 bits per heavy atom. The lowest BCUT2D eigenvalue weighted by molar-refractivity contribution is 1.07. The van der Waals surface area contributed by atoms with Crippen LogP contribution in [0.15, 0.2) is 328 Å². The van der Waals surface area contributed by atoms with E-state index in [-0.39, 0.29) is 0 Å². The average molecular weight is 1300 g/mol. The summed E-state index contributed by atoms with van der Waals surface area (Å²) in [5, 5.41) is 13.6. The van der Waals surface area contributed by atoms with Gasteiger partial charge < -0.3 is 27.4 Å². The summed E-state index contributed by atoms with van der Waals surface area (Å²) in [6, 6.07) is 105. The van der Waals surface area contributed by atoms with Crippen molar-refractivity contribution >= 4 is 131 Å². The largest absolute Gasteiger partial charge is 0.309 e. The van der Waals surface area contributed by atoms with Crippen LogP contribution in [0.4, 0.5) is 0 Å². The number of rotatable bonds is 9. The van der Waals surface area contributed by atoms with Crippen LogP contribution in [-0.4, -0.2) is 57.3 Å². The Morgan fingerprint density at radius 1 is 0.167 bits per heavy atom. The Kier molecular flexibility index (Phi) is 11.9. The molecule has 0 aliphatic carbocycles. The van der Waals surface area contributed by atoms with Crippen LogP contribution in [0.5, 0.6) is 0 Å². The van der Waals surface area contributed by atoms with Gasteiger partial charge in [-0.1, -0.05) is 109 Å². The fourth-order valence-electron chi connectivity index (χ4n) is 16.5. The summed E-state index contributed by atoms with van der Waals surface area (Å²) in [4.78, 5) is 30.8. The first-order valence-electron chi connectivity index (χ1n) is 34.3. The van der Waals surface area contributed by atoms with E-state index in [1.54, 1.807) is 0 Å². The molecule has 0 saturated carbocycles. The van der Waals surface area contributed by atoms with E-state index in [1.807, 2.05) is 55.4 Å². The smallest absolute Gasteiger partial charge is 0.164 e. The Balaban J connectivity index is 0.789. The van der Waals surface area contributed by atoms with Gasteiger partial charge in [-0.3, -0.25) is 15.0 Å². The Labute approximate surface area is 581 Å². The van der Waals surface area contributed by atoms with Crippen molar-refractivity contribution in [3.8, 4) is 68.3 Å². The van der Waals surface area contributed by atoms with E-state index in [0.29, 0.717) is 17.5 Å². The molecule has 0 aliphatic heterocycles. The van der Waals surface area contributed by atoms with Gasteiger partial charge in [0.2, 0.25) is 0 Å². The maximum absolute atomic E-state index is 5.62. The maximum atomic E-state index is 5.62. The molecule has 0 saturated heterocycles. The van der Waals surface area contributed by atoms with Crippen LogP contribution in [0, 0.1) is 0 Å². The Morgan fingerprint density at radius 2 is 0.382 bits per heavy atom. The Bertz CT molecular complexity index is 6400. The monoisotopic (exact) mass is 1300 g/mol. The zero-order chi connectivity index (χ0) is 66.7. The van der Waals surface area contributed by atoms with E-state index in [9.17, 15) is 0 Å². The molecule has 0 radical (unpaired) electrons. The number of hydrogen-bond acceptors (Lipinski definition) is 6. The fourth-order valence-corrected chi connectivity index (χ4v) is 16.5. The molecule has 12 nitrogen and oxygen atoms in total. The van der Waals surface area contributed by atoms with Crippen molar-refractivity contribution < 1.29 is 0 Å². The van der Waals surface area contributed by atoms with Gasteiger partial charge in [0, 0.05) is 117 Å². The zero-order valence-electron chi connectivity index (χ0n) is 54.5. The molecule has 12 aromatic carbocycles. The van der Waals surface area contributed by atoms with E-state index in [1.165, 1.54) is 32.3 Å². The molecule has 12 heteroatoms. The zero-order valence-corrected chi connectivity index (χ0v) is 54.5. The SMILES string of the molecule is c1cncc(-n2c3ccc(-c4nc(-c5ccc6c(c5)c5cc(-n7c8ccccc8c8ccccc87)ccc5n6-c5cccnc5)nc(-c5ccc6c(c5)c5cc(-n7c8ccccc8c8ccccc87)ccc5n6-c5cccnc5)n4)cc3c3cc(-n4c5ccccc5c5ccccc54)ccc32)c1. The lowest BCUT2D eigenvalue weighted by Crippen LogP contribution is -2.01. The summed E-state index contributed by atoms with van der Waals surface area (Å²) in [5.41, 5.74) is 21.7. The molecule has 0 bridgehead atoms. The molecule has 0 fully saturated rings. The number of para-hydroxylation sites is 6. The topological polar surface area (TPSA) is 107 Å². The van der Waals surface area contributed by atoms with E-state index in [2.05, 4.69) is 315 Å². The highest BCUT2D eigenvalue weighted by atomic mass is 15.1. The van der Waals surface area contributed by atoms with Gasteiger partial charge in [0.25, 0.3) is 0 Å². The second-order valence-corrected chi connectivity index (χ2v) is 26.4. The molecule has 102 heavy (non-hydrogen) atoms. The third-order valence-corrected chi connectivity index (χ3v) is 20.9. The van der Waals surface area contributed by atoms with Crippen molar-refractivity contribution in [2.45, 2.75) is 0 Å². The van der Waals surface area contributed by atoms with Crippen LogP contribution in [0.25, 0.3) is 199 Å². The standard InChI is InChI=1S/C90H54N12/c1-7-25-76-64(19-1)65-20-2-8-26-77(65)97(76)58-34-40-85-73(49-58)70-46-55(31-37-82(70)100(85)61-16-13-43-91-52-61)88-94-89(56-32-38-83-71(47-56)74-50-59(35-41-86(74)101(83)62-17-14-44-92-53-62)98-78-27-9-3-21-66(78)67-22-4-10-28-79(67)98)96-90(95-88)57-33-39-84-72(48-57)75-51-60(36-42-87(75)102(84)63-18-15-45-93-54-63)99-80-29-11-5-23-68(80)69-24-6-12-30-81(69)99/h1-54H. The molecule has 10 heterocycles. The second-order valence-electron chi connectivity index (χ2n) is 26.4. The minimum atomic E-state index is 0.538. The van der Waals surface area contributed by atoms with E-state index in [0.717, 1.165) is 149 Å². The molecule has 10 aromatic heterocycles. The van der Waals surface area contributed by atoms with Gasteiger partial charge >= 0.3 is 0 Å². The van der Waals surface area contributed by atoms with Gasteiger partial charge in [-0.05, 0) is 182 Å². The number of benzene rings is 12. The summed E-state index contributed by atoms with van der Waals surface area (Å²) in [7, 11) is 0. The van der Waals surface area contributed by atoms with Crippen LogP contribution in [0.3, 0.4) is 0 Å². The summed E-state index contributed by atoms with van der Waals surface area (Å²) < 4.78 is 14.1. The van der Waals surface area contributed by atoms with Gasteiger partial charge in [-0.15, -0.1) is 0 Å². The first kappa shape index (κ1) is 56.0. The molecule has 0 N–H and O–H groups in total. The molecule has 0 amide bonds. The molecule has 0 unspecified atom stereocenters. The summed E-state index contributed by atoms with van der Waals surface area (Å²) >= 11 is 0. The second kappa shape index (κ2) is 21.7. The van der Waals surface area contributed by atoms with E-state index in [4.69, 9.17) is 15.0 Å². The van der Waals surface area contributed by atoms with E-state index < -0.39 is 0 Å². The fraction of sp³-hybridized carbons (Fsp3) is 0. The van der Waals surface area contributed by atoms with Crippen molar-refractivity contribution in [1.82, 2.24) is 57.3 Å². The highest BCUT2D eigenvalue weighted by Gasteiger charge is 2.24. The van der Waals surface area contributed by atoms with E-state index >= 15 is 0 Å². The van der Waals surface area contributed by atoms with Gasteiger partial charge in [0.1, 0.15) is 0 Å². The molecular weight excluding hydrogens is 1250 g/mol. The number of hydrogen-bond donors (Lipinski definition) is 0. The van der Waals surface area contributed by atoms with Crippen LogP contribution in [0.2, 0.25) is 0 Å². The van der Waals surface area contributed by atoms with Gasteiger partial charge in [0.15, 0.2) is 17.5 Å². The highest BCUT2D eigenvalue weighted by molar-refractivity contribution is 6.17. The van der Waals surface area contributed by atoms with Crippen molar-refractivity contribution in [3.63, 3.8) is 0 Å². The molecule has 474 valence electrons. The molecular formula is C90H54N12. The number of fused-ring (bicyclic) bond motifs is 18. The van der Waals surface area contributed by atoms with Crippen molar-refractivity contribution in [1.29, 1.82) is 0 Å². The first-order chi connectivity index (χ1) is 50.6. The first-order valence-corrected chi connectivity index (χ1v) is 34.3. The molecule has 0 aliphatic rings. The van der Waals surface area contributed by atoms with Crippen LogP contribution < -0.4 is 0 Å². The third kappa shape index (κ3) is 8.25. The van der Waals surface area contributed by atoms with Gasteiger partial charge in [0.05, 0.1) is 102 Å². The van der Waals surface area contributed by atoms with Crippen LogP contribution in [0.1, 0.15) is 0 Å². The quantitative estimate of drug-likeness (QED) is 0.142. The highest BCUT2D eigenvalue weighted by Crippen LogP contribution is 2.44. The van der Waals surface area contributed by atoms with Crippen molar-refractivity contribution in [2.75, 3.05) is 0 Å². The number of pyridine rings is 3. The average Bonchev–Trinajstić information content (AvgIpc) is 1.59. The predicted molar refractivity (Wildman–Crippen MR) is 416 cm³/mol. The molecule has 0 atom stereocenters. The van der Waals surface area contributed by atoms with Gasteiger partial charge in [-0.2, -0.15) is 0 Å². The maximum Gasteiger partial charge on any atom is 0.164 e. The summed E-state index contributed by atoms with van der Waals surface area (Å²) in [6.45, 7) is 0. The molecule has 22 aromatic rings. The number of nitrogens with zero attached hydrogens (tertiary/aromatic N) is 12. The van der Waals surface area contributed by atoms with Crippen LogP contribution >= 0.6 is 0 Å². The molecule has 0 spiro atoms. The summed E-state index contributed by atoms with van der Waals surface area (Å²) in [6.07, 6.45) is 11.3. The van der Waals surface area contributed by atoms with Gasteiger partial charge in [-0.25, -0.2) is 15.0 Å². The lowest BCUT2D eigenvalue weighted by Gasteiger charge is -2.11. The van der Waals surface area contributed by atoms with Crippen molar-refractivity contribution in [2.24, 2.45) is 0 Å². The predicted octanol–water partition coefficient (Wildman–Crippen LogP) is 21.6. The molecule has 22 rings (SSSR count). The minimum absolute atomic E-state index is 0.538. The normalized spacial score (nSPS) is 12.1. The number of aromatic nitrogens is 12. The van der Waals surface area contributed by atoms with Crippen molar-refractivity contribution in [3.05, 3.63) is 328 Å².